The van der Waals surface area contributed by atoms with Crippen LogP contribution in [0.25, 0.3) is 0 Å². The van der Waals surface area contributed by atoms with Crippen LogP contribution in [0.4, 0.5) is 5.95 Å². The highest BCUT2D eigenvalue weighted by Crippen LogP contribution is 2.23. The van der Waals surface area contributed by atoms with Crippen molar-refractivity contribution in [3.63, 3.8) is 0 Å². The van der Waals surface area contributed by atoms with Crippen LogP contribution in [0.5, 0.6) is 0 Å². The maximum atomic E-state index is 4.39. The van der Waals surface area contributed by atoms with Crippen LogP contribution in [0.1, 0.15) is 39.0 Å². The third kappa shape index (κ3) is 6.34. The molecule has 0 atom stereocenters. The summed E-state index contributed by atoms with van der Waals surface area (Å²) in [7, 11) is 1.87. The van der Waals surface area contributed by atoms with Crippen LogP contribution in [-0.2, 0) is 0 Å². The molecule has 1 saturated heterocycles. The molecule has 1 aromatic heterocycles. The third-order valence-corrected chi connectivity index (χ3v) is 5.73. The van der Waals surface area contributed by atoms with Gasteiger partial charge in [0.15, 0.2) is 5.96 Å². The fourth-order valence-electron chi connectivity index (χ4n) is 3.93. The predicted molar refractivity (Wildman–Crippen MR) is 111 cm³/mol. The van der Waals surface area contributed by atoms with Gasteiger partial charge >= 0.3 is 0 Å². The van der Waals surface area contributed by atoms with Crippen LogP contribution in [-0.4, -0.2) is 73.2 Å². The SMILES string of the molecule is CN=C(NCCCN1CCN(c2ncccn2)CC1)NC1CCC(C)CC1. The van der Waals surface area contributed by atoms with Crippen molar-refractivity contribution in [1.29, 1.82) is 0 Å². The Kier molecular flexibility index (Phi) is 7.68. The van der Waals surface area contributed by atoms with Gasteiger partial charge in [-0.1, -0.05) is 6.92 Å². The van der Waals surface area contributed by atoms with E-state index < -0.39 is 0 Å². The normalized spacial score (nSPS) is 24.7. The summed E-state index contributed by atoms with van der Waals surface area (Å²) in [6.07, 6.45) is 9.94. The van der Waals surface area contributed by atoms with Gasteiger partial charge in [-0.15, -0.1) is 0 Å². The zero-order chi connectivity index (χ0) is 18.9. The van der Waals surface area contributed by atoms with E-state index in [0.717, 1.165) is 63.5 Å². The lowest BCUT2D eigenvalue weighted by Gasteiger charge is -2.34. The minimum absolute atomic E-state index is 0.584. The first-order valence-corrected chi connectivity index (χ1v) is 10.5. The first-order valence-electron chi connectivity index (χ1n) is 10.5. The van der Waals surface area contributed by atoms with Gasteiger partial charge in [-0.05, 0) is 50.6 Å². The van der Waals surface area contributed by atoms with Crippen molar-refractivity contribution >= 4 is 11.9 Å². The summed E-state index contributed by atoms with van der Waals surface area (Å²) in [5.41, 5.74) is 0. The van der Waals surface area contributed by atoms with Gasteiger partial charge in [0.1, 0.15) is 0 Å². The Morgan fingerprint density at radius 2 is 1.81 bits per heavy atom. The number of piperazine rings is 1. The number of guanidine groups is 1. The Balaban J connectivity index is 1.29. The maximum absolute atomic E-state index is 4.39. The first-order chi connectivity index (χ1) is 13.2. The van der Waals surface area contributed by atoms with E-state index in [1.165, 1.54) is 25.7 Å². The van der Waals surface area contributed by atoms with Gasteiger partial charge in [0.05, 0.1) is 0 Å². The van der Waals surface area contributed by atoms with E-state index in [-0.39, 0.29) is 0 Å². The zero-order valence-corrected chi connectivity index (χ0v) is 16.9. The smallest absolute Gasteiger partial charge is 0.225 e. The topological polar surface area (TPSA) is 68.7 Å². The highest BCUT2D eigenvalue weighted by molar-refractivity contribution is 5.79. The summed E-state index contributed by atoms with van der Waals surface area (Å²) in [6, 6.07) is 2.45. The Labute approximate surface area is 163 Å². The molecule has 2 N–H and O–H groups in total. The quantitative estimate of drug-likeness (QED) is 0.450. The van der Waals surface area contributed by atoms with Gasteiger partial charge in [0, 0.05) is 58.2 Å². The summed E-state index contributed by atoms with van der Waals surface area (Å²) in [6.45, 7) is 8.59. The van der Waals surface area contributed by atoms with Crippen molar-refractivity contribution in [2.75, 3.05) is 51.2 Å². The van der Waals surface area contributed by atoms with E-state index in [9.17, 15) is 0 Å². The second kappa shape index (κ2) is 10.4. The molecule has 3 rings (SSSR count). The van der Waals surface area contributed by atoms with Crippen molar-refractivity contribution in [3.05, 3.63) is 18.5 Å². The van der Waals surface area contributed by atoms with Crippen molar-refractivity contribution in [2.45, 2.75) is 45.1 Å². The van der Waals surface area contributed by atoms with Crippen molar-refractivity contribution in [2.24, 2.45) is 10.9 Å². The van der Waals surface area contributed by atoms with Crippen LogP contribution in [0.15, 0.2) is 23.5 Å². The summed E-state index contributed by atoms with van der Waals surface area (Å²) in [5, 5.41) is 7.08. The molecule has 0 radical (unpaired) electrons. The summed E-state index contributed by atoms with van der Waals surface area (Å²) in [5.74, 6) is 2.69. The standard InChI is InChI=1S/C20H35N7/c1-17-5-7-18(8-6-17)25-19(21-2)22-11-4-12-26-13-15-27(16-14-26)20-23-9-3-10-24-20/h3,9-10,17-18H,4-8,11-16H2,1-2H3,(H2,21,22,25). The Morgan fingerprint density at radius 3 is 2.48 bits per heavy atom. The Morgan fingerprint density at radius 1 is 1.11 bits per heavy atom. The second-order valence-corrected chi connectivity index (χ2v) is 7.83. The second-order valence-electron chi connectivity index (χ2n) is 7.83. The Bertz CT molecular complexity index is 561. The number of aliphatic imine (C=N–C) groups is 1. The van der Waals surface area contributed by atoms with Crippen LogP contribution in [0.2, 0.25) is 0 Å². The fourth-order valence-corrected chi connectivity index (χ4v) is 3.93. The molecule has 1 aromatic rings. The predicted octanol–water partition coefficient (Wildman–Crippen LogP) is 1.73. The highest BCUT2D eigenvalue weighted by Gasteiger charge is 2.20. The summed E-state index contributed by atoms with van der Waals surface area (Å²) >= 11 is 0. The van der Waals surface area contributed by atoms with E-state index in [0.29, 0.717) is 6.04 Å². The third-order valence-electron chi connectivity index (χ3n) is 5.73. The number of hydrogen-bond acceptors (Lipinski definition) is 5. The lowest BCUT2D eigenvalue weighted by atomic mass is 9.87. The van der Waals surface area contributed by atoms with Gasteiger partial charge in [-0.2, -0.15) is 0 Å². The van der Waals surface area contributed by atoms with Gasteiger partial charge in [-0.25, -0.2) is 9.97 Å². The van der Waals surface area contributed by atoms with Crippen LogP contribution in [0.3, 0.4) is 0 Å². The monoisotopic (exact) mass is 373 g/mol. The molecule has 0 bridgehead atoms. The first kappa shape index (κ1) is 19.9. The number of nitrogens with zero attached hydrogens (tertiary/aromatic N) is 5. The highest BCUT2D eigenvalue weighted by atomic mass is 15.3. The van der Waals surface area contributed by atoms with Crippen molar-refractivity contribution < 1.29 is 0 Å². The largest absolute Gasteiger partial charge is 0.356 e. The molecule has 150 valence electrons. The molecule has 2 aliphatic rings. The number of hydrogen-bond donors (Lipinski definition) is 2. The minimum atomic E-state index is 0.584. The molecule has 1 saturated carbocycles. The number of rotatable bonds is 6. The number of nitrogens with one attached hydrogen (secondary N) is 2. The molecule has 1 aliphatic heterocycles. The average Bonchev–Trinajstić information content (AvgIpc) is 2.73. The zero-order valence-electron chi connectivity index (χ0n) is 16.9. The molecule has 2 heterocycles. The van der Waals surface area contributed by atoms with Crippen molar-refractivity contribution in [3.8, 4) is 0 Å². The van der Waals surface area contributed by atoms with Crippen LogP contribution >= 0.6 is 0 Å². The lowest BCUT2D eigenvalue weighted by Crippen LogP contribution is -2.48. The number of anilines is 1. The molecule has 0 aromatic carbocycles. The summed E-state index contributed by atoms with van der Waals surface area (Å²) < 4.78 is 0. The molecule has 0 unspecified atom stereocenters. The van der Waals surface area contributed by atoms with Gasteiger partial charge in [-0.3, -0.25) is 9.89 Å². The Hall–Kier alpha value is -1.89. The van der Waals surface area contributed by atoms with Gasteiger partial charge in [0.25, 0.3) is 0 Å². The fraction of sp³-hybridized carbons (Fsp3) is 0.750. The van der Waals surface area contributed by atoms with E-state index in [4.69, 9.17) is 0 Å². The molecule has 0 spiro atoms. The van der Waals surface area contributed by atoms with E-state index in [1.54, 1.807) is 0 Å². The molecular formula is C20H35N7. The maximum Gasteiger partial charge on any atom is 0.225 e. The van der Waals surface area contributed by atoms with Gasteiger partial charge in [0.2, 0.25) is 5.95 Å². The summed E-state index contributed by atoms with van der Waals surface area (Å²) in [4.78, 5) is 17.9. The van der Waals surface area contributed by atoms with Gasteiger partial charge < -0.3 is 15.5 Å². The minimum Gasteiger partial charge on any atom is -0.356 e. The van der Waals surface area contributed by atoms with Crippen LogP contribution in [0, 0.1) is 5.92 Å². The van der Waals surface area contributed by atoms with E-state index in [2.05, 4.69) is 42.3 Å². The van der Waals surface area contributed by atoms with Crippen LogP contribution < -0.4 is 15.5 Å². The molecule has 1 aliphatic carbocycles. The number of aromatic nitrogens is 2. The molecule has 27 heavy (non-hydrogen) atoms. The molecule has 2 fully saturated rings. The van der Waals surface area contributed by atoms with Crippen molar-refractivity contribution in [1.82, 2.24) is 25.5 Å². The average molecular weight is 374 g/mol. The molecule has 7 heteroatoms. The molecule has 7 nitrogen and oxygen atoms in total. The van der Waals surface area contributed by atoms with E-state index in [1.807, 2.05) is 25.5 Å². The molecule has 0 amide bonds. The van der Waals surface area contributed by atoms with E-state index >= 15 is 0 Å². The lowest BCUT2D eigenvalue weighted by molar-refractivity contribution is 0.254. The molecular weight excluding hydrogens is 338 g/mol.